The average Bonchev–Trinajstić information content (AvgIpc) is 2.45. The molecule has 2 heteroatoms. The van der Waals surface area contributed by atoms with E-state index >= 15 is 0 Å². The molecule has 0 unspecified atom stereocenters. The number of aryl methyl sites for hydroxylation is 1. The molecule has 0 bridgehead atoms. The zero-order valence-electron chi connectivity index (χ0n) is 13.2. The molecular formula is C18H30OS. The van der Waals surface area contributed by atoms with Crippen LogP contribution in [0.1, 0.15) is 70.8 Å². The minimum absolute atomic E-state index is 0.792. The van der Waals surface area contributed by atoms with Crippen molar-refractivity contribution in [3.8, 4) is 5.75 Å². The molecule has 0 aliphatic rings. The minimum atomic E-state index is 0.792. The van der Waals surface area contributed by atoms with Crippen LogP contribution in [0.3, 0.4) is 0 Å². The fraction of sp³-hybridized carbons (Fsp3) is 0.667. The fourth-order valence-corrected chi connectivity index (χ4v) is 2.58. The summed E-state index contributed by atoms with van der Waals surface area (Å²) in [6.45, 7) is 5.23. The van der Waals surface area contributed by atoms with E-state index in [0.29, 0.717) is 0 Å². The minimum Gasteiger partial charge on any atom is -0.492 e. The van der Waals surface area contributed by atoms with E-state index in [2.05, 4.69) is 44.7 Å². The van der Waals surface area contributed by atoms with Gasteiger partial charge in [-0.3, -0.25) is 0 Å². The van der Waals surface area contributed by atoms with Gasteiger partial charge < -0.3 is 4.74 Å². The molecule has 0 atom stereocenters. The lowest BCUT2D eigenvalue weighted by Crippen LogP contribution is -1.98. The molecule has 20 heavy (non-hydrogen) atoms. The molecule has 1 nitrogen and oxygen atoms in total. The van der Waals surface area contributed by atoms with E-state index in [9.17, 15) is 0 Å². The van der Waals surface area contributed by atoms with E-state index in [1.165, 1.54) is 44.1 Å². The van der Waals surface area contributed by atoms with Crippen molar-refractivity contribution in [2.45, 2.75) is 76.5 Å². The normalized spacial score (nSPS) is 10.8. The smallest absolute Gasteiger partial charge is 0.132 e. The Morgan fingerprint density at radius 2 is 1.60 bits per heavy atom. The summed E-state index contributed by atoms with van der Waals surface area (Å²) in [5, 5.41) is 0. The summed E-state index contributed by atoms with van der Waals surface area (Å²) >= 11 is 4.54. The first-order valence-corrected chi connectivity index (χ1v) is 8.67. The molecule has 0 aliphatic carbocycles. The van der Waals surface area contributed by atoms with Gasteiger partial charge in [0.25, 0.3) is 0 Å². The monoisotopic (exact) mass is 294 g/mol. The molecular weight excluding hydrogens is 264 g/mol. The standard InChI is InChI=1S/C18H30OS/c1-3-5-7-8-9-10-11-16-12-13-17(18(20)15-16)19-14-6-4-2/h12-13,15,20H,3-11,14H2,1-2H3. The van der Waals surface area contributed by atoms with Gasteiger partial charge >= 0.3 is 0 Å². The topological polar surface area (TPSA) is 9.23 Å². The molecule has 114 valence electrons. The summed E-state index contributed by atoms with van der Waals surface area (Å²) in [5.41, 5.74) is 1.38. The van der Waals surface area contributed by atoms with Gasteiger partial charge in [0.15, 0.2) is 0 Å². The van der Waals surface area contributed by atoms with Crippen LogP contribution in [-0.2, 0) is 6.42 Å². The number of hydrogen-bond acceptors (Lipinski definition) is 2. The molecule has 1 aromatic rings. The summed E-state index contributed by atoms with van der Waals surface area (Å²) < 4.78 is 5.73. The van der Waals surface area contributed by atoms with Crippen LogP contribution in [0, 0.1) is 0 Å². The van der Waals surface area contributed by atoms with Crippen LogP contribution >= 0.6 is 12.6 Å². The molecule has 0 amide bonds. The third kappa shape index (κ3) is 7.23. The maximum absolute atomic E-state index is 5.73. The maximum atomic E-state index is 5.73. The van der Waals surface area contributed by atoms with E-state index in [-0.39, 0.29) is 0 Å². The zero-order chi connectivity index (χ0) is 14.6. The molecule has 1 rings (SSSR count). The molecule has 0 spiro atoms. The lowest BCUT2D eigenvalue weighted by Gasteiger charge is -2.10. The van der Waals surface area contributed by atoms with Crippen molar-refractivity contribution in [3.63, 3.8) is 0 Å². The highest BCUT2D eigenvalue weighted by Crippen LogP contribution is 2.25. The summed E-state index contributed by atoms with van der Waals surface area (Å²) in [4.78, 5) is 0.976. The number of benzene rings is 1. The number of ether oxygens (including phenoxy) is 1. The van der Waals surface area contributed by atoms with Gasteiger partial charge in [0, 0.05) is 4.90 Å². The van der Waals surface area contributed by atoms with Gasteiger partial charge in [-0.1, -0.05) is 58.4 Å². The van der Waals surface area contributed by atoms with Crippen molar-refractivity contribution >= 4 is 12.6 Å². The van der Waals surface area contributed by atoms with E-state index < -0.39 is 0 Å². The first-order valence-electron chi connectivity index (χ1n) is 8.22. The van der Waals surface area contributed by atoms with Crippen molar-refractivity contribution in [3.05, 3.63) is 23.8 Å². The van der Waals surface area contributed by atoms with E-state index in [0.717, 1.165) is 36.5 Å². The van der Waals surface area contributed by atoms with Gasteiger partial charge in [-0.2, -0.15) is 0 Å². The Kier molecular flexibility index (Phi) is 9.65. The molecule has 0 radical (unpaired) electrons. The average molecular weight is 295 g/mol. The number of rotatable bonds is 11. The van der Waals surface area contributed by atoms with E-state index in [4.69, 9.17) is 4.74 Å². The Morgan fingerprint density at radius 1 is 0.900 bits per heavy atom. The van der Waals surface area contributed by atoms with Crippen molar-refractivity contribution in [1.82, 2.24) is 0 Å². The Balaban J connectivity index is 2.28. The van der Waals surface area contributed by atoms with Gasteiger partial charge in [0.2, 0.25) is 0 Å². The van der Waals surface area contributed by atoms with Gasteiger partial charge in [0.1, 0.15) is 5.75 Å². The van der Waals surface area contributed by atoms with Crippen LogP contribution < -0.4 is 4.74 Å². The second kappa shape index (κ2) is 11.1. The molecule has 0 aromatic heterocycles. The molecule has 0 N–H and O–H groups in total. The highest BCUT2D eigenvalue weighted by molar-refractivity contribution is 7.80. The second-order valence-corrected chi connectivity index (χ2v) is 6.00. The summed E-state index contributed by atoms with van der Waals surface area (Å²) in [7, 11) is 0. The third-order valence-corrected chi connectivity index (χ3v) is 3.95. The van der Waals surface area contributed by atoms with E-state index in [1.54, 1.807) is 0 Å². The zero-order valence-corrected chi connectivity index (χ0v) is 14.1. The van der Waals surface area contributed by atoms with Crippen molar-refractivity contribution in [1.29, 1.82) is 0 Å². The highest BCUT2D eigenvalue weighted by Gasteiger charge is 2.02. The van der Waals surface area contributed by atoms with Gasteiger partial charge in [0.05, 0.1) is 6.61 Å². The largest absolute Gasteiger partial charge is 0.492 e. The molecule has 1 aromatic carbocycles. The third-order valence-electron chi connectivity index (χ3n) is 3.60. The van der Waals surface area contributed by atoms with Crippen LogP contribution in [0.4, 0.5) is 0 Å². The Bertz CT molecular complexity index is 362. The van der Waals surface area contributed by atoms with Crippen LogP contribution in [0.5, 0.6) is 5.75 Å². The van der Waals surface area contributed by atoms with Crippen LogP contribution in [0.15, 0.2) is 23.1 Å². The first kappa shape index (κ1) is 17.4. The van der Waals surface area contributed by atoms with Crippen molar-refractivity contribution < 1.29 is 4.74 Å². The maximum Gasteiger partial charge on any atom is 0.132 e. The number of hydrogen-bond donors (Lipinski definition) is 1. The number of unbranched alkanes of at least 4 members (excludes halogenated alkanes) is 6. The Labute approximate surface area is 130 Å². The Morgan fingerprint density at radius 3 is 2.30 bits per heavy atom. The second-order valence-electron chi connectivity index (χ2n) is 5.52. The Hall–Kier alpha value is -0.630. The van der Waals surface area contributed by atoms with Gasteiger partial charge in [-0.15, -0.1) is 12.6 Å². The lowest BCUT2D eigenvalue weighted by molar-refractivity contribution is 0.302. The fourth-order valence-electron chi connectivity index (χ4n) is 2.28. The quantitative estimate of drug-likeness (QED) is 0.385. The van der Waals surface area contributed by atoms with Crippen molar-refractivity contribution in [2.75, 3.05) is 6.61 Å². The first-order chi connectivity index (χ1) is 9.77. The van der Waals surface area contributed by atoms with Crippen LogP contribution in [0.2, 0.25) is 0 Å². The van der Waals surface area contributed by atoms with Crippen LogP contribution in [0.25, 0.3) is 0 Å². The predicted molar refractivity (Wildman–Crippen MR) is 91.2 cm³/mol. The van der Waals surface area contributed by atoms with Crippen LogP contribution in [-0.4, -0.2) is 6.61 Å². The molecule has 0 fully saturated rings. The van der Waals surface area contributed by atoms with E-state index in [1.807, 2.05) is 0 Å². The SMILES string of the molecule is CCCCCCCCc1ccc(OCCCC)c(S)c1. The molecule has 0 aliphatic heterocycles. The molecule has 0 saturated carbocycles. The lowest BCUT2D eigenvalue weighted by atomic mass is 10.0. The summed E-state index contributed by atoms with van der Waals surface area (Å²) in [5.74, 6) is 0.925. The van der Waals surface area contributed by atoms with Gasteiger partial charge in [-0.25, -0.2) is 0 Å². The molecule has 0 heterocycles. The van der Waals surface area contributed by atoms with Crippen molar-refractivity contribution in [2.24, 2.45) is 0 Å². The van der Waals surface area contributed by atoms with Gasteiger partial charge in [-0.05, 0) is 37.0 Å². The summed E-state index contributed by atoms with van der Waals surface area (Å²) in [6.07, 6.45) is 11.5. The molecule has 0 saturated heterocycles. The summed E-state index contributed by atoms with van der Waals surface area (Å²) in [6, 6.07) is 6.42. The predicted octanol–water partition coefficient (Wildman–Crippen LogP) is 6.06. The highest BCUT2D eigenvalue weighted by atomic mass is 32.1. The number of thiol groups is 1.